The lowest BCUT2D eigenvalue weighted by molar-refractivity contribution is 0.0993. The summed E-state index contributed by atoms with van der Waals surface area (Å²) < 4.78 is 1.10. The molecule has 1 saturated carbocycles. The minimum atomic E-state index is -0.255. The number of aliphatic hydroxyl groups is 1. The quantitative estimate of drug-likeness (QED) is 0.869. The van der Waals surface area contributed by atoms with Crippen LogP contribution in [0, 0.1) is 0 Å². The number of hydrogen-bond acceptors (Lipinski definition) is 1. The smallest absolute Gasteiger partial charge is 0.0608 e. The van der Waals surface area contributed by atoms with E-state index in [-0.39, 0.29) is 11.5 Å². The summed E-state index contributed by atoms with van der Waals surface area (Å²) in [5.41, 5.74) is 1.29. The van der Waals surface area contributed by atoms with Crippen LogP contribution in [0.3, 0.4) is 0 Å². The van der Waals surface area contributed by atoms with Crippen molar-refractivity contribution in [3.8, 4) is 0 Å². The molecule has 1 aliphatic carbocycles. The van der Waals surface area contributed by atoms with Crippen LogP contribution in [0.2, 0.25) is 0 Å². The summed E-state index contributed by atoms with van der Waals surface area (Å²) in [6.45, 7) is 1.92. The third-order valence-corrected chi connectivity index (χ3v) is 4.19. The van der Waals surface area contributed by atoms with Gasteiger partial charge in [0.1, 0.15) is 0 Å². The zero-order valence-corrected chi connectivity index (χ0v) is 10.6. The highest BCUT2D eigenvalue weighted by Crippen LogP contribution is 2.44. The van der Waals surface area contributed by atoms with Crippen molar-refractivity contribution < 1.29 is 5.11 Å². The third kappa shape index (κ3) is 1.98. The number of benzene rings is 1. The van der Waals surface area contributed by atoms with Gasteiger partial charge in [-0.25, -0.2) is 0 Å². The second-order valence-corrected chi connectivity index (χ2v) is 5.47. The van der Waals surface area contributed by atoms with Gasteiger partial charge in [0.25, 0.3) is 0 Å². The zero-order valence-electron chi connectivity index (χ0n) is 9.04. The van der Waals surface area contributed by atoms with E-state index in [9.17, 15) is 5.11 Å². The zero-order chi connectivity index (χ0) is 10.9. The summed E-state index contributed by atoms with van der Waals surface area (Å²) in [5, 5.41) is 10.0. The van der Waals surface area contributed by atoms with E-state index in [4.69, 9.17) is 0 Å². The molecule has 1 aromatic carbocycles. The molecule has 1 aromatic rings. The van der Waals surface area contributed by atoms with Gasteiger partial charge in [0.05, 0.1) is 6.10 Å². The summed E-state index contributed by atoms with van der Waals surface area (Å²) in [6.07, 6.45) is 4.44. The van der Waals surface area contributed by atoms with Crippen LogP contribution < -0.4 is 0 Å². The molecular formula is C13H17BrO. The first kappa shape index (κ1) is 11.2. The Morgan fingerprint density at radius 3 is 2.53 bits per heavy atom. The van der Waals surface area contributed by atoms with Gasteiger partial charge in [-0.1, -0.05) is 40.9 Å². The normalized spacial score (nSPS) is 21.5. The molecule has 0 aromatic heterocycles. The lowest BCUT2D eigenvalue weighted by Gasteiger charge is -2.33. The van der Waals surface area contributed by atoms with Crippen LogP contribution >= 0.6 is 15.9 Å². The first-order valence-electron chi connectivity index (χ1n) is 5.59. The predicted molar refractivity (Wildman–Crippen MR) is 66.0 cm³/mol. The van der Waals surface area contributed by atoms with Gasteiger partial charge in [-0.2, -0.15) is 0 Å². The van der Waals surface area contributed by atoms with Crippen LogP contribution in [-0.4, -0.2) is 11.2 Å². The van der Waals surface area contributed by atoms with Crippen LogP contribution in [0.15, 0.2) is 28.7 Å². The molecule has 1 unspecified atom stereocenters. The number of rotatable bonds is 2. The molecule has 1 nitrogen and oxygen atoms in total. The summed E-state index contributed by atoms with van der Waals surface area (Å²) >= 11 is 3.50. The molecule has 1 atom stereocenters. The summed E-state index contributed by atoms with van der Waals surface area (Å²) in [7, 11) is 0. The van der Waals surface area contributed by atoms with Crippen LogP contribution in [0.5, 0.6) is 0 Å². The van der Waals surface area contributed by atoms with Crippen molar-refractivity contribution in [1.82, 2.24) is 0 Å². The van der Waals surface area contributed by atoms with Gasteiger partial charge in [0, 0.05) is 9.89 Å². The summed E-state index contributed by atoms with van der Waals surface area (Å²) in [6, 6.07) is 8.39. The van der Waals surface area contributed by atoms with Crippen LogP contribution in [0.25, 0.3) is 0 Å². The molecule has 2 heteroatoms. The van der Waals surface area contributed by atoms with E-state index in [1.165, 1.54) is 18.4 Å². The van der Waals surface area contributed by atoms with E-state index in [1.54, 1.807) is 0 Å². The average molecular weight is 269 g/mol. The second-order valence-electron chi connectivity index (χ2n) is 4.55. The Balaban J connectivity index is 2.41. The van der Waals surface area contributed by atoms with E-state index in [0.717, 1.165) is 17.3 Å². The van der Waals surface area contributed by atoms with E-state index in [1.807, 2.05) is 13.0 Å². The van der Waals surface area contributed by atoms with E-state index in [0.29, 0.717) is 0 Å². The Bertz CT molecular complexity index is 340. The topological polar surface area (TPSA) is 20.2 Å². The average Bonchev–Trinajstić information content (AvgIpc) is 2.67. The molecule has 0 heterocycles. The fourth-order valence-electron chi connectivity index (χ4n) is 2.75. The standard InChI is InChI=1S/C13H17BrO/c1-10(15)13(7-2-3-8-13)11-5-4-6-12(14)9-11/h4-6,9-10,15H,2-3,7-8H2,1H3. The number of aliphatic hydroxyl groups excluding tert-OH is 1. The minimum Gasteiger partial charge on any atom is -0.392 e. The van der Waals surface area contributed by atoms with Gasteiger partial charge in [0.2, 0.25) is 0 Å². The van der Waals surface area contributed by atoms with Gasteiger partial charge in [-0.05, 0) is 37.5 Å². The minimum absolute atomic E-state index is 0.00375. The molecule has 0 bridgehead atoms. The first-order valence-corrected chi connectivity index (χ1v) is 6.38. The molecule has 1 fully saturated rings. The highest BCUT2D eigenvalue weighted by atomic mass is 79.9. The highest BCUT2D eigenvalue weighted by Gasteiger charge is 2.39. The molecule has 0 saturated heterocycles. The lowest BCUT2D eigenvalue weighted by atomic mass is 9.75. The van der Waals surface area contributed by atoms with Crippen molar-refractivity contribution in [3.05, 3.63) is 34.3 Å². The fourth-order valence-corrected chi connectivity index (χ4v) is 3.15. The van der Waals surface area contributed by atoms with Crippen LogP contribution in [0.1, 0.15) is 38.2 Å². The van der Waals surface area contributed by atoms with Crippen molar-refractivity contribution >= 4 is 15.9 Å². The predicted octanol–water partition coefficient (Wildman–Crippen LogP) is 3.64. The highest BCUT2D eigenvalue weighted by molar-refractivity contribution is 9.10. The van der Waals surface area contributed by atoms with Crippen molar-refractivity contribution in [3.63, 3.8) is 0 Å². The largest absolute Gasteiger partial charge is 0.392 e. The van der Waals surface area contributed by atoms with Crippen LogP contribution in [0.4, 0.5) is 0 Å². The first-order chi connectivity index (χ1) is 7.15. The molecule has 0 radical (unpaired) electrons. The van der Waals surface area contributed by atoms with Gasteiger partial charge in [-0.3, -0.25) is 0 Å². The molecule has 15 heavy (non-hydrogen) atoms. The summed E-state index contributed by atoms with van der Waals surface area (Å²) in [5.74, 6) is 0. The van der Waals surface area contributed by atoms with Gasteiger partial charge >= 0.3 is 0 Å². The number of hydrogen-bond donors (Lipinski definition) is 1. The maximum atomic E-state index is 10.0. The number of halogens is 1. The van der Waals surface area contributed by atoms with Crippen molar-refractivity contribution in [2.24, 2.45) is 0 Å². The van der Waals surface area contributed by atoms with Gasteiger partial charge in [-0.15, -0.1) is 0 Å². The molecular weight excluding hydrogens is 252 g/mol. The SMILES string of the molecule is CC(O)C1(c2cccc(Br)c2)CCCC1. The molecule has 1 aliphatic rings. The van der Waals surface area contributed by atoms with Crippen LogP contribution in [-0.2, 0) is 5.41 Å². The van der Waals surface area contributed by atoms with Crippen molar-refractivity contribution in [2.45, 2.75) is 44.1 Å². The maximum absolute atomic E-state index is 10.0. The monoisotopic (exact) mass is 268 g/mol. The lowest BCUT2D eigenvalue weighted by Crippen LogP contribution is -2.34. The summed E-state index contributed by atoms with van der Waals surface area (Å²) in [4.78, 5) is 0. The maximum Gasteiger partial charge on any atom is 0.0608 e. The Kier molecular flexibility index (Phi) is 3.17. The van der Waals surface area contributed by atoms with Gasteiger partial charge < -0.3 is 5.11 Å². The third-order valence-electron chi connectivity index (χ3n) is 3.70. The molecule has 82 valence electrons. The van der Waals surface area contributed by atoms with E-state index >= 15 is 0 Å². The fraction of sp³-hybridized carbons (Fsp3) is 0.538. The Morgan fingerprint density at radius 1 is 1.33 bits per heavy atom. The molecule has 2 rings (SSSR count). The molecule has 0 amide bonds. The van der Waals surface area contributed by atoms with Crippen molar-refractivity contribution in [1.29, 1.82) is 0 Å². The van der Waals surface area contributed by atoms with E-state index in [2.05, 4.69) is 34.1 Å². The molecule has 0 spiro atoms. The van der Waals surface area contributed by atoms with Gasteiger partial charge in [0.15, 0.2) is 0 Å². The molecule has 1 N–H and O–H groups in total. The Hall–Kier alpha value is -0.340. The second kappa shape index (κ2) is 4.26. The van der Waals surface area contributed by atoms with Crippen molar-refractivity contribution in [2.75, 3.05) is 0 Å². The Morgan fingerprint density at radius 2 is 2.00 bits per heavy atom. The molecule has 0 aliphatic heterocycles. The van der Waals surface area contributed by atoms with E-state index < -0.39 is 0 Å². The Labute approximate surface area is 99.6 Å².